The number of H-pyrrole nitrogens is 1. The largest absolute Gasteiger partial charge is 0.396 e. The average molecular weight is 351 g/mol. The van der Waals surface area contributed by atoms with Crippen LogP contribution in [0.3, 0.4) is 0 Å². The smallest absolute Gasteiger partial charge is 0.268 e. The number of nitrogens with one attached hydrogen (secondary N) is 2. The Bertz CT molecular complexity index is 892. The zero-order chi connectivity index (χ0) is 18.5. The molecule has 2 aromatic heterocycles. The monoisotopic (exact) mass is 351 g/mol. The lowest BCUT2D eigenvalue weighted by atomic mass is 10.0. The van der Waals surface area contributed by atoms with Crippen LogP contribution in [-0.2, 0) is 0 Å². The molecular weight excluding hydrogens is 330 g/mol. The normalized spacial score (nSPS) is 11.9. The van der Waals surface area contributed by atoms with E-state index in [1.165, 1.54) is 0 Å². The predicted molar refractivity (Wildman–Crippen MR) is 99.3 cm³/mol. The van der Waals surface area contributed by atoms with Gasteiger partial charge in [0.05, 0.1) is 11.7 Å². The van der Waals surface area contributed by atoms with E-state index < -0.39 is 0 Å². The van der Waals surface area contributed by atoms with Crippen molar-refractivity contribution in [1.29, 1.82) is 0 Å². The first kappa shape index (κ1) is 17.6. The number of nitrogens with zero attached hydrogens (tertiary/aromatic N) is 2. The highest BCUT2D eigenvalue weighted by molar-refractivity contribution is 5.94. The van der Waals surface area contributed by atoms with E-state index in [9.17, 15) is 9.90 Å². The standard InChI is InChI=1S/C19H21N5O2/c1-12-10-22-19(20)24-17(12)14-9-16(21-11-14)18(26)23-15(7-8-25)13-5-3-2-4-6-13/h2-6,9-11,15,21,25H,7-8H2,1H3,(H,23,26)(H2,20,22,24). The minimum Gasteiger partial charge on any atom is -0.396 e. The first-order valence-corrected chi connectivity index (χ1v) is 8.33. The fourth-order valence-corrected chi connectivity index (χ4v) is 2.78. The summed E-state index contributed by atoms with van der Waals surface area (Å²) in [5.41, 5.74) is 9.33. The van der Waals surface area contributed by atoms with E-state index in [-0.39, 0.29) is 24.5 Å². The molecule has 0 radical (unpaired) electrons. The SMILES string of the molecule is Cc1cnc(N)nc1-c1c[nH]c(C(=O)NC(CCO)c2ccccc2)c1. The number of aromatic nitrogens is 3. The molecule has 1 unspecified atom stereocenters. The Morgan fingerprint density at radius 2 is 2.12 bits per heavy atom. The number of aryl methyl sites for hydroxylation is 1. The Balaban J connectivity index is 1.80. The molecule has 0 bridgehead atoms. The van der Waals surface area contributed by atoms with E-state index >= 15 is 0 Å². The molecule has 1 aromatic carbocycles. The Labute approximate surface area is 151 Å². The number of rotatable bonds is 6. The fraction of sp³-hybridized carbons (Fsp3) is 0.211. The highest BCUT2D eigenvalue weighted by Crippen LogP contribution is 2.23. The second kappa shape index (κ2) is 7.79. The molecule has 5 N–H and O–H groups in total. The van der Waals surface area contributed by atoms with Gasteiger partial charge in [-0.05, 0) is 30.5 Å². The number of hydrogen-bond donors (Lipinski definition) is 4. The van der Waals surface area contributed by atoms with E-state index in [4.69, 9.17) is 5.73 Å². The molecule has 3 aromatic rings. The quantitative estimate of drug-likeness (QED) is 0.543. The Morgan fingerprint density at radius 3 is 2.85 bits per heavy atom. The van der Waals surface area contributed by atoms with Crippen LogP contribution in [-0.4, -0.2) is 32.6 Å². The van der Waals surface area contributed by atoms with Crippen LogP contribution in [0.5, 0.6) is 0 Å². The minimum atomic E-state index is -0.267. The number of carbonyl (C=O) groups excluding carboxylic acids is 1. The number of anilines is 1. The molecule has 0 saturated heterocycles. The van der Waals surface area contributed by atoms with Gasteiger partial charge < -0.3 is 21.1 Å². The molecule has 0 fully saturated rings. The van der Waals surface area contributed by atoms with Crippen LogP contribution in [0.1, 0.15) is 34.1 Å². The van der Waals surface area contributed by atoms with Crippen LogP contribution >= 0.6 is 0 Å². The molecular formula is C19H21N5O2. The van der Waals surface area contributed by atoms with Crippen LogP contribution in [0.2, 0.25) is 0 Å². The fourth-order valence-electron chi connectivity index (χ4n) is 2.78. The number of aromatic amines is 1. The van der Waals surface area contributed by atoms with Gasteiger partial charge in [0.25, 0.3) is 5.91 Å². The van der Waals surface area contributed by atoms with Gasteiger partial charge in [-0.15, -0.1) is 0 Å². The average Bonchev–Trinajstić information content (AvgIpc) is 3.14. The summed E-state index contributed by atoms with van der Waals surface area (Å²) in [5.74, 6) is -0.0666. The minimum absolute atomic E-state index is 0.0186. The van der Waals surface area contributed by atoms with Gasteiger partial charge >= 0.3 is 0 Å². The van der Waals surface area contributed by atoms with Crippen LogP contribution in [0.15, 0.2) is 48.8 Å². The first-order chi connectivity index (χ1) is 12.6. The van der Waals surface area contributed by atoms with E-state index in [1.54, 1.807) is 18.5 Å². The predicted octanol–water partition coefficient (Wildman–Crippen LogP) is 2.22. The summed E-state index contributed by atoms with van der Waals surface area (Å²) in [7, 11) is 0. The van der Waals surface area contributed by atoms with Crippen molar-refractivity contribution in [2.45, 2.75) is 19.4 Å². The van der Waals surface area contributed by atoms with Gasteiger partial charge in [-0.3, -0.25) is 4.79 Å². The lowest BCUT2D eigenvalue weighted by molar-refractivity contribution is 0.0925. The summed E-state index contributed by atoms with van der Waals surface area (Å²) in [4.78, 5) is 23.8. The lowest BCUT2D eigenvalue weighted by Crippen LogP contribution is -2.29. The highest BCUT2D eigenvalue weighted by Gasteiger charge is 2.17. The summed E-state index contributed by atoms with van der Waals surface area (Å²) in [6, 6.07) is 11.0. The van der Waals surface area contributed by atoms with Crippen molar-refractivity contribution in [3.05, 3.63) is 65.6 Å². The van der Waals surface area contributed by atoms with Gasteiger partial charge in [0.15, 0.2) is 0 Å². The zero-order valence-corrected chi connectivity index (χ0v) is 14.4. The number of hydrogen-bond acceptors (Lipinski definition) is 5. The van der Waals surface area contributed by atoms with Crippen molar-refractivity contribution in [2.75, 3.05) is 12.3 Å². The number of amides is 1. The second-order valence-corrected chi connectivity index (χ2v) is 6.01. The van der Waals surface area contributed by atoms with Crippen molar-refractivity contribution in [3.63, 3.8) is 0 Å². The number of nitrogens with two attached hydrogens (primary N) is 1. The van der Waals surface area contributed by atoms with Crippen molar-refractivity contribution in [3.8, 4) is 11.3 Å². The van der Waals surface area contributed by atoms with E-state index in [1.807, 2.05) is 37.3 Å². The molecule has 0 aliphatic heterocycles. The third-order valence-corrected chi connectivity index (χ3v) is 4.12. The van der Waals surface area contributed by atoms with Gasteiger partial charge in [0, 0.05) is 24.6 Å². The maximum atomic E-state index is 12.6. The molecule has 2 heterocycles. The maximum absolute atomic E-state index is 12.6. The molecule has 0 spiro atoms. The molecule has 1 amide bonds. The van der Waals surface area contributed by atoms with Gasteiger partial charge in [-0.25, -0.2) is 9.97 Å². The topological polar surface area (TPSA) is 117 Å². The number of aliphatic hydroxyl groups excluding tert-OH is 1. The van der Waals surface area contributed by atoms with Crippen molar-refractivity contribution in [1.82, 2.24) is 20.3 Å². The number of carbonyl (C=O) groups is 1. The van der Waals surface area contributed by atoms with Crippen LogP contribution in [0.4, 0.5) is 5.95 Å². The lowest BCUT2D eigenvalue weighted by Gasteiger charge is -2.17. The second-order valence-electron chi connectivity index (χ2n) is 6.01. The number of aliphatic hydroxyl groups is 1. The van der Waals surface area contributed by atoms with Crippen molar-refractivity contribution >= 4 is 11.9 Å². The number of benzene rings is 1. The van der Waals surface area contributed by atoms with Gasteiger partial charge in [0.1, 0.15) is 5.69 Å². The van der Waals surface area contributed by atoms with E-state index in [0.717, 1.165) is 16.7 Å². The molecule has 7 heteroatoms. The summed E-state index contributed by atoms with van der Waals surface area (Å²) in [5, 5.41) is 12.3. The molecule has 7 nitrogen and oxygen atoms in total. The van der Waals surface area contributed by atoms with Crippen molar-refractivity contribution in [2.24, 2.45) is 0 Å². The van der Waals surface area contributed by atoms with Gasteiger partial charge in [-0.1, -0.05) is 30.3 Å². The van der Waals surface area contributed by atoms with Gasteiger partial charge in [-0.2, -0.15) is 0 Å². The molecule has 3 rings (SSSR count). The third-order valence-electron chi connectivity index (χ3n) is 4.12. The van der Waals surface area contributed by atoms with Crippen LogP contribution in [0, 0.1) is 6.92 Å². The summed E-state index contributed by atoms with van der Waals surface area (Å²) in [6.45, 7) is 1.86. The molecule has 26 heavy (non-hydrogen) atoms. The van der Waals surface area contributed by atoms with Crippen LogP contribution < -0.4 is 11.1 Å². The Morgan fingerprint density at radius 1 is 1.35 bits per heavy atom. The Kier molecular flexibility index (Phi) is 5.28. The zero-order valence-electron chi connectivity index (χ0n) is 14.4. The summed E-state index contributed by atoms with van der Waals surface area (Å²) in [6.07, 6.45) is 3.80. The summed E-state index contributed by atoms with van der Waals surface area (Å²) < 4.78 is 0. The Hall–Kier alpha value is -3.19. The first-order valence-electron chi connectivity index (χ1n) is 8.33. The molecule has 0 aliphatic rings. The number of nitrogen functional groups attached to an aromatic ring is 1. The van der Waals surface area contributed by atoms with E-state index in [2.05, 4.69) is 20.3 Å². The van der Waals surface area contributed by atoms with Gasteiger partial charge in [0.2, 0.25) is 5.95 Å². The highest BCUT2D eigenvalue weighted by atomic mass is 16.3. The maximum Gasteiger partial charge on any atom is 0.268 e. The third kappa shape index (κ3) is 3.89. The van der Waals surface area contributed by atoms with Crippen molar-refractivity contribution < 1.29 is 9.90 Å². The molecule has 0 aliphatic carbocycles. The molecule has 1 atom stereocenters. The molecule has 0 saturated carbocycles. The van der Waals surface area contributed by atoms with Crippen LogP contribution in [0.25, 0.3) is 11.3 Å². The molecule has 134 valence electrons. The van der Waals surface area contributed by atoms with E-state index in [0.29, 0.717) is 17.8 Å². The summed E-state index contributed by atoms with van der Waals surface area (Å²) >= 11 is 0.